The lowest BCUT2D eigenvalue weighted by Gasteiger charge is -2.32. The maximum Gasteiger partial charge on any atom is 0.496 e. The lowest BCUT2D eigenvalue weighted by molar-refractivity contribution is 0.00578. The number of pyridine rings is 1. The van der Waals surface area contributed by atoms with Gasteiger partial charge in [0.15, 0.2) is 0 Å². The summed E-state index contributed by atoms with van der Waals surface area (Å²) in [5.74, 6) is -0.401. The molecule has 3 rings (SSSR count). The minimum atomic E-state index is -1.20. The molecule has 7 nitrogen and oxygen atoms in total. The number of hydrogen-bond acceptors (Lipinski definition) is 6. The van der Waals surface area contributed by atoms with Gasteiger partial charge in [0.05, 0.1) is 18.3 Å². The molecular formula is C22H35BN2O5Si. The number of nitrogens with zero attached hydrogens (tertiary/aromatic N) is 2. The fourth-order valence-electron chi connectivity index (χ4n) is 3.53. The molecule has 0 saturated carbocycles. The predicted molar refractivity (Wildman–Crippen MR) is 126 cm³/mol. The number of carbonyl (C=O) groups excluding carboxylic acids is 1. The van der Waals surface area contributed by atoms with Gasteiger partial charge in [0, 0.05) is 31.7 Å². The van der Waals surface area contributed by atoms with Crippen LogP contribution in [0.4, 0.5) is 0 Å². The molecule has 170 valence electrons. The summed E-state index contributed by atoms with van der Waals surface area (Å²) in [6.07, 6.45) is 1.75. The standard InChI is InChI=1S/C22H35BN2O5Si/c1-15-17-12-16(23-29-21(2,3)22(4,5)30-23)13-24-19(17)25(18(15)20(26)27-6)14-28-10-11-31(7,8)9/h12-13H,10-11,14H2,1-9H3. The summed E-state index contributed by atoms with van der Waals surface area (Å²) in [7, 11) is -0.328. The monoisotopic (exact) mass is 446 g/mol. The molecule has 31 heavy (non-hydrogen) atoms. The molecule has 1 aliphatic heterocycles. The third-order valence-corrected chi connectivity index (χ3v) is 8.00. The van der Waals surface area contributed by atoms with Crippen LogP contribution < -0.4 is 5.46 Å². The molecule has 1 aliphatic rings. The molecule has 0 N–H and O–H groups in total. The zero-order chi connectivity index (χ0) is 23.2. The van der Waals surface area contributed by atoms with Crippen molar-refractivity contribution in [1.29, 1.82) is 0 Å². The average molecular weight is 446 g/mol. The first kappa shape index (κ1) is 24.0. The molecular weight excluding hydrogens is 411 g/mol. The summed E-state index contributed by atoms with van der Waals surface area (Å²) in [5.41, 5.74) is 1.91. The van der Waals surface area contributed by atoms with Crippen molar-refractivity contribution in [1.82, 2.24) is 9.55 Å². The summed E-state index contributed by atoms with van der Waals surface area (Å²) in [4.78, 5) is 17.2. The van der Waals surface area contributed by atoms with E-state index in [1.165, 1.54) is 7.11 Å². The van der Waals surface area contributed by atoms with Crippen LogP contribution in [0, 0.1) is 6.92 Å². The van der Waals surface area contributed by atoms with E-state index >= 15 is 0 Å². The smallest absolute Gasteiger partial charge is 0.464 e. The number of aryl methyl sites for hydroxylation is 1. The van der Waals surface area contributed by atoms with Crippen molar-refractivity contribution in [3.63, 3.8) is 0 Å². The van der Waals surface area contributed by atoms with Gasteiger partial charge in [-0.25, -0.2) is 9.78 Å². The highest BCUT2D eigenvalue weighted by atomic mass is 28.3. The maximum absolute atomic E-state index is 12.6. The molecule has 0 bridgehead atoms. The van der Waals surface area contributed by atoms with Gasteiger partial charge < -0.3 is 18.8 Å². The third kappa shape index (κ3) is 4.74. The molecule has 0 radical (unpaired) electrons. The van der Waals surface area contributed by atoms with Gasteiger partial charge in [0.25, 0.3) is 0 Å². The van der Waals surface area contributed by atoms with E-state index in [9.17, 15) is 4.79 Å². The number of hydrogen-bond donors (Lipinski definition) is 0. The Balaban J connectivity index is 1.96. The average Bonchev–Trinajstić information content (AvgIpc) is 3.06. The molecule has 1 fully saturated rings. The van der Waals surface area contributed by atoms with Crippen molar-refractivity contribution in [2.75, 3.05) is 13.7 Å². The van der Waals surface area contributed by atoms with Gasteiger partial charge in [0.1, 0.15) is 18.1 Å². The Morgan fingerprint density at radius 2 is 1.81 bits per heavy atom. The number of ether oxygens (including phenoxy) is 2. The fraction of sp³-hybridized carbons (Fsp3) is 0.636. The van der Waals surface area contributed by atoms with Crippen LogP contribution in [-0.2, 0) is 25.5 Å². The van der Waals surface area contributed by atoms with Crippen molar-refractivity contribution in [2.24, 2.45) is 0 Å². The maximum atomic E-state index is 12.6. The molecule has 0 amide bonds. The highest BCUT2D eigenvalue weighted by Gasteiger charge is 2.52. The summed E-state index contributed by atoms with van der Waals surface area (Å²) < 4.78 is 25.1. The lowest BCUT2D eigenvalue weighted by Crippen LogP contribution is -2.41. The van der Waals surface area contributed by atoms with Crippen LogP contribution in [0.15, 0.2) is 12.3 Å². The van der Waals surface area contributed by atoms with Crippen LogP contribution in [0.1, 0.15) is 43.7 Å². The van der Waals surface area contributed by atoms with E-state index in [-0.39, 0.29) is 6.73 Å². The van der Waals surface area contributed by atoms with Crippen LogP contribution in [-0.4, -0.2) is 55.6 Å². The largest absolute Gasteiger partial charge is 0.496 e. The van der Waals surface area contributed by atoms with Crippen LogP contribution in [0.25, 0.3) is 11.0 Å². The van der Waals surface area contributed by atoms with E-state index in [1.807, 2.05) is 40.7 Å². The van der Waals surface area contributed by atoms with E-state index < -0.39 is 32.4 Å². The SMILES string of the molecule is COC(=O)c1c(C)c2cc(B3OC(C)(C)C(C)(C)O3)cnc2n1COCC[Si](C)(C)C. The highest BCUT2D eigenvalue weighted by Crippen LogP contribution is 2.36. The summed E-state index contributed by atoms with van der Waals surface area (Å²) >= 11 is 0. The number of fused-ring (bicyclic) bond motifs is 1. The molecule has 2 aromatic rings. The molecule has 9 heteroatoms. The fourth-order valence-corrected chi connectivity index (χ4v) is 4.29. The van der Waals surface area contributed by atoms with Gasteiger partial charge in [-0.15, -0.1) is 0 Å². The normalized spacial score (nSPS) is 18.0. The van der Waals surface area contributed by atoms with Gasteiger partial charge in [0.2, 0.25) is 0 Å². The van der Waals surface area contributed by atoms with E-state index in [0.717, 1.165) is 22.5 Å². The third-order valence-electron chi connectivity index (χ3n) is 6.29. The summed E-state index contributed by atoms with van der Waals surface area (Å²) in [6, 6.07) is 3.04. The Hall–Kier alpha value is -1.68. The van der Waals surface area contributed by atoms with Crippen molar-refractivity contribution in [3.8, 4) is 0 Å². The molecule has 0 unspecified atom stereocenters. The topological polar surface area (TPSA) is 71.8 Å². The Bertz CT molecular complexity index is 964. The van der Waals surface area contributed by atoms with Gasteiger partial charge in [-0.1, -0.05) is 19.6 Å². The Labute approximate surface area is 186 Å². The molecule has 0 aliphatic carbocycles. The molecule has 3 heterocycles. The number of rotatable bonds is 7. The van der Waals surface area contributed by atoms with Gasteiger partial charge in [-0.2, -0.15) is 0 Å². The molecule has 1 saturated heterocycles. The second-order valence-corrected chi connectivity index (χ2v) is 16.1. The first-order valence-corrected chi connectivity index (χ1v) is 14.5. The first-order chi connectivity index (χ1) is 14.3. The van der Waals surface area contributed by atoms with Crippen molar-refractivity contribution < 1.29 is 23.6 Å². The molecule has 0 aromatic carbocycles. The van der Waals surface area contributed by atoms with Crippen molar-refractivity contribution in [2.45, 2.75) is 78.2 Å². The van der Waals surface area contributed by atoms with Gasteiger partial charge in [-0.05, 0) is 52.3 Å². The minimum absolute atomic E-state index is 0.252. The van der Waals surface area contributed by atoms with Crippen molar-refractivity contribution in [3.05, 3.63) is 23.5 Å². The summed E-state index contributed by atoms with van der Waals surface area (Å²) in [5, 5.41) is 0.862. The van der Waals surface area contributed by atoms with Crippen LogP contribution >= 0.6 is 0 Å². The second kappa shape index (κ2) is 8.35. The van der Waals surface area contributed by atoms with E-state index in [1.54, 1.807) is 10.8 Å². The van der Waals surface area contributed by atoms with E-state index in [2.05, 4.69) is 24.6 Å². The lowest BCUT2D eigenvalue weighted by atomic mass is 9.80. The second-order valence-electron chi connectivity index (χ2n) is 10.5. The summed E-state index contributed by atoms with van der Waals surface area (Å²) in [6.45, 7) is 17.8. The van der Waals surface area contributed by atoms with Crippen LogP contribution in [0.5, 0.6) is 0 Å². The van der Waals surface area contributed by atoms with Crippen molar-refractivity contribution >= 4 is 37.7 Å². The molecule has 2 aromatic heterocycles. The minimum Gasteiger partial charge on any atom is -0.464 e. The van der Waals surface area contributed by atoms with Gasteiger partial charge >= 0.3 is 13.1 Å². The quantitative estimate of drug-likeness (QED) is 0.367. The number of carbonyl (C=O) groups is 1. The van der Waals surface area contributed by atoms with Gasteiger partial charge in [-0.3, -0.25) is 4.57 Å². The Kier molecular flexibility index (Phi) is 6.46. The predicted octanol–water partition coefficient (Wildman–Crippen LogP) is 3.74. The highest BCUT2D eigenvalue weighted by molar-refractivity contribution is 6.76. The van der Waals surface area contributed by atoms with Crippen LogP contribution in [0.2, 0.25) is 25.7 Å². The van der Waals surface area contributed by atoms with Crippen LogP contribution in [0.3, 0.4) is 0 Å². The zero-order valence-corrected chi connectivity index (χ0v) is 21.3. The zero-order valence-electron chi connectivity index (χ0n) is 20.3. The van der Waals surface area contributed by atoms with E-state index in [0.29, 0.717) is 17.9 Å². The Morgan fingerprint density at radius 3 is 2.35 bits per heavy atom. The first-order valence-electron chi connectivity index (χ1n) is 10.8. The number of methoxy groups -OCH3 is 1. The van der Waals surface area contributed by atoms with E-state index in [4.69, 9.17) is 18.8 Å². The molecule has 0 spiro atoms. The number of aromatic nitrogens is 2. The molecule has 0 atom stereocenters. The Morgan fingerprint density at radius 1 is 1.19 bits per heavy atom. The number of esters is 1.